The first-order valence-electron chi connectivity index (χ1n) is 10.6. The maximum atomic E-state index is 12.7. The number of carbonyl (C=O) groups is 3. The van der Waals surface area contributed by atoms with Crippen molar-refractivity contribution >= 4 is 57.5 Å². The SMILES string of the molecule is C=CCn1c(SCC(=O)Nc2sc(C(N)=O)c(C)c2C(=O)OC)nnc1C(C)Oc1ccccc1Cl. The zero-order valence-corrected chi connectivity index (χ0v) is 22.1. The standard InChI is InChI=1S/C23H24ClN5O5S2/c1-5-10-29-20(13(3)34-15-9-7-6-8-14(15)24)27-28-23(29)35-11-16(30)26-21-17(22(32)33-4)12(2)18(36-21)19(25)31/h5-9,13H,1,10-11H2,2-4H3,(H2,25,31)(H,26,30). The number of carbonyl (C=O) groups excluding carboxylic acids is 3. The molecule has 10 nitrogen and oxygen atoms in total. The van der Waals surface area contributed by atoms with Crippen LogP contribution in [0.1, 0.15) is 44.4 Å². The molecule has 2 heterocycles. The number of hydrogen-bond donors (Lipinski definition) is 2. The highest BCUT2D eigenvalue weighted by Crippen LogP contribution is 2.34. The molecule has 190 valence electrons. The maximum Gasteiger partial charge on any atom is 0.341 e. The van der Waals surface area contributed by atoms with Crippen molar-refractivity contribution in [1.29, 1.82) is 0 Å². The molecule has 3 rings (SSSR count). The molecule has 0 radical (unpaired) electrons. The Morgan fingerprint density at radius 2 is 2.06 bits per heavy atom. The second-order valence-corrected chi connectivity index (χ2v) is 9.75. The third kappa shape index (κ3) is 6.07. The number of hydrogen-bond acceptors (Lipinski definition) is 9. The number of halogens is 1. The van der Waals surface area contributed by atoms with E-state index in [1.165, 1.54) is 7.11 Å². The van der Waals surface area contributed by atoms with Gasteiger partial charge in [0.2, 0.25) is 5.91 Å². The number of anilines is 1. The van der Waals surface area contributed by atoms with E-state index in [1.54, 1.807) is 35.8 Å². The van der Waals surface area contributed by atoms with Gasteiger partial charge in [-0.2, -0.15) is 0 Å². The lowest BCUT2D eigenvalue weighted by molar-refractivity contribution is -0.113. The minimum Gasteiger partial charge on any atom is -0.481 e. The van der Waals surface area contributed by atoms with Crippen molar-refractivity contribution in [2.24, 2.45) is 5.73 Å². The number of benzene rings is 1. The highest BCUT2D eigenvalue weighted by Gasteiger charge is 2.26. The lowest BCUT2D eigenvalue weighted by Crippen LogP contribution is -2.17. The summed E-state index contributed by atoms with van der Waals surface area (Å²) < 4.78 is 12.5. The molecule has 0 aliphatic heterocycles. The number of thioether (sulfide) groups is 1. The Hall–Kier alpha value is -3.35. The molecule has 0 fully saturated rings. The summed E-state index contributed by atoms with van der Waals surface area (Å²) in [4.78, 5) is 36.8. The molecule has 13 heteroatoms. The number of rotatable bonds is 11. The molecular formula is C23H24ClN5O5S2. The summed E-state index contributed by atoms with van der Waals surface area (Å²) in [5.74, 6) is -0.796. The number of thiophene rings is 1. The van der Waals surface area contributed by atoms with Crippen LogP contribution >= 0.6 is 34.7 Å². The van der Waals surface area contributed by atoms with Gasteiger partial charge in [-0.15, -0.1) is 28.1 Å². The van der Waals surface area contributed by atoms with Gasteiger partial charge in [0, 0.05) is 6.54 Å². The molecule has 3 N–H and O–H groups in total. The van der Waals surface area contributed by atoms with E-state index in [0.717, 1.165) is 23.1 Å². The third-order valence-electron chi connectivity index (χ3n) is 4.91. The average molecular weight is 550 g/mol. The minimum absolute atomic E-state index is 0.0432. The van der Waals surface area contributed by atoms with Gasteiger partial charge in [-0.25, -0.2) is 4.79 Å². The van der Waals surface area contributed by atoms with Crippen LogP contribution in [0, 0.1) is 6.92 Å². The van der Waals surface area contributed by atoms with Crippen molar-refractivity contribution in [2.75, 3.05) is 18.2 Å². The Morgan fingerprint density at radius 3 is 2.69 bits per heavy atom. The zero-order chi connectivity index (χ0) is 26.4. The van der Waals surface area contributed by atoms with Gasteiger partial charge in [-0.05, 0) is 31.5 Å². The predicted molar refractivity (Wildman–Crippen MR) is 139 cm³/mol. The first-order valence-corrected chi connectivity index (χ1v) is 12.7. The van der Waals surface area contributed by atoms with Crippen molar-refractivity contribution in [3.05, 3.63) is 63.8 Å². The molecule has 1 atom stereocenters. The molecule has 2 amide bonds. The first-order chi connectivity index (χ1) is 17.2. The van der Waals surface area contributed by atoms with E-state index in [9.17, 15) is 14.4 Å². The van der Waals surface area contributed by atoms with Crippen LogP contribution in [0.15, 0.2) is 42.1 Å². The number of ether oxygens (including phenoxy) is 2. The van der Waals surface area contributed by atoms with Crippen molar-refractivity contribution in [1.82, 2.24) is 14.8 Å². The third-order valence-corrected chi connectivity index (χ3v) is 7.41. The van der Waals surface area contributed by atoms with E-state index in [4.69, 9.17) is 26.8 Å². The zero-order valence-electron chi connectivity index (χ0n) is 19.7. The van der Waals surface area contributed by atoms with Crippen LogP contribution in [0.5, 0.6) is 5.75 Å². The van der Waals surface area contributed by atoms with Gasteiger partial charge >= 0.3 is 5.97 Å². The van der Waals surface area contributed by atoms with Crippen LogP contribution in [0.3, 0.4) is 0 Å². The first kappa shape index (κ1) is 27.2. The number of primary amides is 1. The molecule has 1 aromatic carbocycles. The summed E-state index contributed by atoms with van der Waals surface area (Å²) in [7, 11) is 1.21. The van der Waals surface area contributed by atoms with Gasteiger partial charge in [0.1, 0.15) is 10.8 Å². The monoisotopic (exact) mass is 549 g/mol. The van der Waals surface area contributed by atoms with Gasteiger partial charge in [-0.1, -0.05) is 41.6 Å². The van der Waals surface area contributed by atoms with Crippen LogP contribution < -0.4 is 15.8 Å². The van der Waals surface area contributed by atoms with E-state index in [2.05, 4.69) is 22.1 Å². The summed E-state index contributed by atoms with van der Waals surface area (Å²) in [5.41, 5.74) is 5.84. The quantitative estimate of drug-likeness (QED) is 0.206. The molecule has 3 aromatic rings. The number of esters is 1. The normalized spacial score (nSPS) is 11.6. The van der Waals surface area contributed by atoms with Crippen molar-refractivity contribution in [3.8, 4) is 5.75 Å². The van der Waals surface area contributed by atoms with Gasteiger partial charge in [0.25, 0.3) is 5.91 Å². The molecule has 0 aliphatic carbocycles. The topological polar surface area (TPSA) is 138 Å². The number of aromatic nitrogens is 3. The molecular weight excluding hydrogens is 526 g/mol. The van der Waals surface area contributed by atoms with Crippen molar-refractivity contribution in [2.45, 2.75) is 31.7 Å². The van der Waals surface area contributed by atoms with Crippen LogP contribution in [0.2, 0.25) is 5.02 Å². The number of para-hydroxylation sites is 1. The fourth-order valence-corrected chi connectivity index (χ4v) is 5.27. The number of methoxy groups -OCH3 is 1. The van der Waals surface area contributed by atoms with Crippen molar-refractivity contribution < 1.29 is 23.9 Å². The fraction of sp³-hybridized carbons (Fsp3) is 0.261. The Labute approximate surface area is 220 Å². The lowest BCUT2D eigenvalue weighted by Gasteiger charge is -2.16. The number of nitrogens with two attached hydrogens (primary N) is 1. The second kappa shape index (κ2) is 12.1. The number of allylic oxidation sites excluding steroid dienone is 1. The molecule has 0 bridgehead atoms. The lowest BCUT2D eigenvalue weighted by atomic mass is 10.1. The second-order valence-electron chi connectivity index (χ2n) is 7.38. The molecule has 0 spiro atoms. The van der Waals surface area contributed by atoms with Crippen LogP contribution in [0.25, 0.3) is 0 Å². The van der Waals surface area contributed by atoms with Crippen LogP contribution in [0.4, 0.5) is 5.00 Å². The number of nitrogens with one attached hydrogen (secondary N) is 1. The Bertz CT molecular complexity index is 1310. The van der Waals surface area contributed by atoms with E-state index in [-0.39, 0.29) is 21.2 Å². The highest BCUT2D eigenvalue weighted by atomic mass is 35.5. The Kier molecular flexibility index (Phi) is 9.13. The average Bonchev–Trinajstić information content (AvgIpc) is 3.39. The molecule has 0 saturated heterocycles. The van der Waals surface area contributed by atoms with Gasteiger partial charge < -0.3 is 20.5 Å². The number of amides is 2. The van der Waals surface area contributed by atoms with E-state index in [0.29, 0.717) is 33.9 Å². The summed E-state index contributed by atoms with van der Waals surface area (Å²) in [5, 5.41) is 12.2. The Balaban J connectivity index is 1.75. The van der Waals surface area contributed by atoms with Gasteiger partial charge in [0.15, 0.2) is 17.1 Å². The van der Waals surface area contributed by atoms with E-state index >= 15 is 0 Å². The molecule has 1 unspecified atom stereocenters. The van der Waals surface area contributed by atoms with Crippen LogP contribution in [-0.2, 0) is 16.1 Å². The molecule has 0 saturated carbocycles. The Morgan fingerprint density at radius 1 is 1.33 bits per heavy atom. The molecule has 2 aromatic heterocycles. The van der Waals surface area contributed by atoms with Gasteiger partial charge in [-0.3, -0.25) is 14.2 Å². The summed E-state index contributed by atoms with van der Waals surface area (Å²) in [6, 6.07) is 7.10. The van der Waals surface area contributed by atoms with Crippen LogP contribution in [-0.4, -0.2) is 45.4 Å². The van der Waals surface area contributed by atoms with E-state index in [1.807, 2.05) is 13.0 Å². The predicted octanol–water partition coefficient (Wildman–Crippen LogP) is 4.24. The number of nitrogens with zero attached hydrogens (tertiary/aromatic N) is 3. The van der Waals surface area contributed by atoms with Gasteiger partial charge in [0.05, 0.1) is 28.3 Å². The molecule has 0 aliphatic rings. The molecule has 36 heavy (non-hydrogen) atoms. The summed E-state index contributed by atoms with van der Waals surface area (Å²) >= 11 is 8.26. The summed E-state index contributed by atoms with van der Waals surface area (Å²) in [6.07, 6.45) is 1.20. The van der Waals surface area contributed by atoms with E-state index < -0.39 is 23.9 Å². The largest absolute Gasteiger partial charge is 0.481 e. The highest BCUT2D eigenvalue weighted by molar-refractivity contribution is 7.99. The maximum absolute atomic E-state index is 12.7. The summed E-state index contributed by atoms with van der Waals surface area (Å²) in [6.45, 7) is 7.55. The van der Waals surface area contributed by atoms with Crippen molar-refractivity contribution in [3.63, 3.8) is 0 Å². The smallest absolute Gasteiger partial charge is 0.341 e. The minimum atomic E-state index is -0.698. The fourth-order valence-electron chi connectivity index (χ4n) is 3.27.